The molecule has 5 N–H and O–H groups in total. The van der Waals surface area contributed by atoms with Crippen molar-refractivity contribution in [2.45, 2.75) is 45.6 Å². The Morgan fingerprint density at radius 2 is 1.19 bits per heavy atom. The van der Waals surface area contributed by atoms with E-state index in [-0.39, 0.29) is 11.8 Å². The smallest absolute Gasteiger partial charge is 0.0978 e. The summed E-state index contributed by atoms with van der Waals surface area (Å²) in [5, 5.41) is 7.08. The van der Waals surface area contributed by atoms with Crippen molar-refractivity contribution in [3.8, 4) is 22.3 Å². The number of rotatable bonds is 6. The van der Waals surface area contributed by atoms with Crippen molar-refractivity contribution in [1.29, 1.82) is 5.41 Å². The summed E-state index contributed by atoms with van der Waals surface area (Å²) >= 11 is 0. The largest absolute Gasteiger partial charge is 0.387 e. The van der Waals surface area contributed by atoms with Crippen LogP contribution in [0.5, 0.6) is 0 Å². The zero-order chi connectivity index (χ0) is 40.0. The highest BCUT2D eigenvalue weighted by molar-refractivity contribution is 5.92. The van der Waals surface area contributed by atoms with Crippen LogP contribution >= 0.6 is 0 Å². The van der Waals surface area contributed by atoms with Crippen LogP contribution in [0.1, 0.15) is 67.0 Å². The Morgan fingerprint density at radius 1 is 0.614 bits per heavy atom. The van der Waals surface area contributed by atoms with Crippen molar-refractivity contribution in [3.63, 3.8) is 0 Å². The first-order valence-corrected chi connectivity index (χ1v) is 20.3. The van der Waals surface area contributed by atoms with Gasteiger partial charge in [0.25, 0.3) is 0 Å². The highest BCUT2D eigenvalue weighted by Crippen LogP contribution is 2.58. The summed E-state index contributed by atoms with van der Waals surface area (Å²) in [4.78, 5) is 0. The van der Waals surface area contributed by atoms with Crippen LogP contribution in [0.15, 0.2) is 200 Å². The second kappa shape index (κ2) is 19.5. The number of fused-ring (bicyclic) bond motifs is 3. The second-order valence-corrected chi connectivity index (χ2v) is 14.4. The van der Waals surface area contributed by atoms with E-state index in [0.717, 1.165) is 12.0 Å². The zero-order valence-corrected chi connectivity index (χ0v) is 33.5. The number of benzene rings is 6. The lowest BCUT2D eigenvalue weighted by Gasteiger charge is -2.35. The van der Waals surface area contributed by atoms with Crippen LogP contribution in [0.3, 0.4) is 0 Å². The van der Waals surface area contributed by atoms with E-state index in [2.05, 4.69) is 183 Å². The van der Waals surface area contributed by atoms with Gasteiger partial charge in [-0.3, -0.25) is 5.41 Å². The van der Waals surface area contributed by atoms with Crippen LogP contribution in [-0.4, -0.2) is 5.84 Å². The van der Waals surface area contributed by atoms with Gasteiger partial charge in [-0.15, -0.1) is 0 Å². The van der Waals surface area contributed by atoms with Gasteiger partial charge in [0.05, 0.1) is 11.3 Å². The van der Waals surface area contributed by atoms with Crippen LogP contribution in [-0.2, 0) is 12.0 Å². The molecular formula is C54H55N3. The molecule has 9 rings (SSSR count). The van der Waals surface area contributed by atoms with Gasteiger partial charge in [-0.1, -0.05) is 221 Å². The van der Waals surface area contributed by atoms with Crippen molar-refractivity contribution in [1.82, 2.24) is 0 Å². The molecule has 0 aromatic heterocycles. The lowest BCUT2D eigenvalue weighted by molar-refractivity contribution is 0.739. The number of amidine groups is 1. The maximum Gasteiger partial charge on any atom is 0.0978 e. The Hall–Kier alpha value is -6.29. The van der Waals surface area contributed by atoms with Gasteiger partial charge in [0.1, 0.15) is 0 Å². The fourth-order valence-corrected chi connectivity index (χ4v) is 7.95. The summed E-state index contributed by atoms with van der Waals surface area (Å²) in [6.07, 6.45) is 16.7. The van der Waals surface area contributed by atoms with E-state index in [4.69, 9.17) is 16.9 Å². The molecule has 3 nitrogen and oxygen atoms in total. The molecule has 6 aromatic rings. The van der Waals surface area contributed by atoms with E-state index in [1.807, 2.05) is 38.2 Å². The van der Waals surface area contributed by atoms with E-state index in [1.54, 1.807) is 0 Å². The molecule has 3 heteroatoms. The predicted molar refractivity (Wildman–Crippen MR) is 244 cm³/mol. The average Bonchev–Trinajstić information content (AvgIpc) is 3.60. The minimum atomic E-state index is -0.391. The van der Waals surface area contributed by atoms with Crippen LogP contribution in [0, 0.1) is 17.2 Å². The van der Waals surface area contributed by atoms with Gasteiger partial charge in [0.15, 0.2) is 0 Å². The molecule has 3 aliphatic carbocycles. The summed E-state index contributed by atoms with van der Waals surface area (Å²) in [5.41, 5.74) is 24.9. The molecule has 0 bridgehead atoms. The monoisotopic (exact) mass is 745 g/mol. The molecule has 0 saturated heterocycles. The van der Waals surface area contributed by atoms with Gasteiger partial charge in [0, 0.05) is 12.5 Å². The van der Waals surface area contributed by atoms with Gasteiger partial charge in [-0.05, 0) is 80.0 Å². The normalized spacial score (nSPS) is 16.5. The molecule has 0 radical (unpaired) electrons. The first-order chi connectivity index (χ1) is 28.0. The molecule has 0 aliphatic heterocycles. The van der Waals surface area contributed by atoms with Gasteiger partial charge < -0.3 is 11.5 Å². The third kappa shape index (κ3) is 8.91. The number of allylic oxidation sites excluding steroid dienone is 7. The minimum absolute atomic E-state index is 0.148. The van der Waals surface area contributed by atoms with Gasteiger partial charge in [0.2, 0.25) is 0 Å². The Morgan fingerprint density at radius 3 is 1.74 bits per heavy atom. The summed E-state index contributed by atoms with van der Waals surface area (Å²) in [5.74, 6) is 1.11. The summed E-state index contributed by atoms with van der Waals surface area (Å²) in [7, 11) is 0. The molecule has 2 atom stereocenters. The molecular weight excluding hydrogens is 691 g/mol. The van der Waals surface area contributed by atoms with E-state index in [0.29, 0.717) is 12.5 Å². The van der Waals surface area contributed by atoms with E-state index in [1.165, 1.54) is 62.1 Å². The Labute approximate surface area is 340 Å². The van der Waals surface area contributed by atoms with Crippen molar-refractivity contribution in [2.75, 3.05) is 0 Å². The summed E-state index contributed by atoms with van der Waals surface area (Å²) in [6.45, 7) is 6.80. The van der Waals surface area contributed by atoms with Crippen molar-refractivity contribution < 1.29 is 0 Å². The lowest BCUT2D eigenvalue weighted by Crippen LogP contribution is -2.29. The van der Waals surface area contributed by atoms with Crippen molar-refractivity contribution >= 4 is 11.4 Å². The maximum atomic E-state index is 7.08. The molecule has 57 heavy (non-hydrogen) atoms. The summed E-state index contributed by atoms with van der Waals surface area (Å²) in [6, 6.07) is 56.8. The Bertz CT molecular complexity index is 2290. The van der Waals surface area contributed by atoms with Gasteiger partial charge >= 0.3 is 0 Å². The molecule has 2 unspecified atom stereocenters. The fraction of sp³-hybridized carbons (Fsp3) is 0.167. The number of hydrogen-bond acceptors (Lipinski definition) is 2. The molecule has 6 aromatic carbocycles. The summed E-state index contributed by atoms with van der Waals surface area (Å²) < 4.78 is 0. The van der Waals surface area contributed by atoms with E-state index in [9.17, 15) is 0 Å². The molecule has 3 aliphatic rings. The minimum Gasteiger partial charge on any atom is -0.387 e. The molecule has 0 fully saturated rings. The van der Waals surface area contributed by atoms with Crippen molar-refractivity contribution in [2.24, 2.45) is 23.3 Å². The second-order valence-electron chi connectivity index (χ2n) is 14.4. The molecule has 0 amide bonds. The molecule has 286 valence electrons. The predicted octanol–water partition coefficient (Wildman–Crippen LogP) is 12.9. The third-order valence-electron chi connectivity index (χ3n) is 10.8. The third-order valence-corrected chi connectivity index (χ3v) is 10.8. The number of nitrogens with two attached hydrogens (primary N) is 2. The zero-order valence-electron chi connectivity index (χ0n) is 33.5. The first-order valence-electron chi connectivity index (χ1n) is 20.3. The Balaban J connectivity index is 0.000000187. The highest BCUT2D eigenvalue weighted by Gasteiger charge is 2.47. The topological polar surface area (TPSA) is 75.9 Å². The number of nitrogens with one attached hydrogen (secondary N) is 1. The fourth-order valence-electron chi connectivity index (χ4n) is 7.95. The van der Waals surface area contributed by atoms with Crippen LogP contribution in [0.2, 0.25) is 0 Å². The SMILES string of the molecule is CC.CC1C=CC(c2ccccc2)=CC1.N=C(N)C1C=CC=CC1.NCc1ccc(-c2cccc3c2C(c2ccccc2)(c2ccccc2)c2ccccc2-3)cc1. The van der Waals surface area contributed by atoms with Crippen LogP contribution < -0.4 is 11.5 Å². The van der Waals surface area contributed by atoms with Gasteiger partial charge in [-0.25, -0.2) is 0 Å². The highest BCUT2D eigenvalue weighted by atomic mass is 14.7. The van der Waals surface area contributed by atoms with E-state index >= 15 is 0 Å². The van der Waals surface area contributed by atoms with Gasteiger partial charge in [-0.2, -0.15) is 0 Å². The van der Waals surface area contributed by atoms with Crippen molar-refractivity contribution in [3.05, 3.63) is 234 Å². The average molecular weight is 746 g/mol. The quantitative estimate of drug-likeness (QED) is 0.117. The maximum absolute atomic E-state index is 7.08. The van der Waals surface area contributed by atoms with Crippen LogP contribution in [0.25, 0.3) is 27.8 Å². The van der Waals surface area contributed by atoms with E-state index < -0.39 is 5.41 Å². The number of hydrogen-bond donors (Lipinski definition) is 3. The van der Waals surface area contributed by atoms with Crippen LogP contribution in [0.4, 0.5) is 0 Å². The lowest BCUT2D eigenvalue weighted by atomic mass is 9.66. The first kappa shape index (κ1) is 40.4. The standard InChI is InChI=1S/C32H25N.C13H14.C7H10N2.C2H6/c33-22-23-18-20-24(21-19-23)27-15-9-16-29-28-14-7-8-17-30(28)32(31(27)29,25-10-3-1-4-11-25)26-12-5-2-6-13-26;1-11-7-9-13(10-8-11)12-5-3-2-4-6-12;8-7(9)6-4-2-1-3-5-6;1-2/h1-21H,22,33H2;2-7,9-11H,8H2,1H3;1-4,6H,5H2,(H3,8,9);1-2H3. The molecule has 0 spiro atoms. The molecule has 0 heterocycles. The Kier molecular flexibility index (Phi) is 13.8. The molecule has 0 saturated carbocycles.